The molecule has 2 aliphatic rings. The summed E-state index contributed by atoms with van der Waals surface area (Å²) in [5.41, 5.74) is 2.85. The molecule has 0 bridgehead atoms. The van der Waals surface area contributed by atoms with E-state index in [2.05, 4.69) is 41.0 Å². The zero-order valence-corrected chi connectivity index (χ0v) is 14.5. The van der Waals surface area contributed by atoms with Crippen LogP contribution in [0.5, 0.6) is 0 Å². The second-order valence-corrected chi connectivity index (χ2v) is 7.32. The average Bonchev–Trinajstić information content (AvgIpc) is 3.27. The van der Waals surface area contributed by atoms with Crippen molar-refractivity contribution >= 4 is 5.91 Å². The zero-order chi connectivity index (χ0) is 16.4. The molecular weight excluding hydrogens is 284 g/mol. The Labute approximate surface area is 140 Å². The molecule has 0 spiro atoms. The largest absolute Gasteiger partial charge is 0.333 e. The first-order valence-electron chi connectivity index (χ1n) is 8.75. The van der Waals surface area contributed by atoms with E-state index in [1.165, 1.54) is 24.0 Å². The van der Waals surface area contributed by atoms with Crippen molar-refractivity contribution in [3.63, 3.8) is 0 Å². The Bertz CT molecular complexity index is 583. The van der Waals surface area contributed by atoms with Crippen molar-refractivity contribution in [2.75, 3.05) is 20.6 Å². The van der Waals surface area contributed by atoms with E-state index in [4.69, 9.17) is 0 Å². The van der Waals surface area contributed by atoms with Gasteiger partial charge in [-0.2, -0.15) is 0 Å². The molecule has 3 nitrogen and oxygen atoms in total. The fraction of sp³-hybridized carbons (Fsp3) is 0.550. The molecule has 0 atom stereocenters. The van der Waals surface area contributed by atoms with Gasteiger partial charge >= 0.3 is 0 Å². The maximum absolute atomic E-state index is 12.6. The molecule has 2 fully saturated rings. The maximum Gasteiger partial charge on any atom is 0.246 e. The van der Waals surface area contributed by atoms with E-state index in [-0.39, 0.29) is 5.91 Å². The summed E-state index contributed by atoms with van der Waals surface area (Å²) in [4.78, 5) is 16.8. The first kappa shape index (κ1) is 16.3. The maximum atomic E-state index is 12.6. The second-order valence-electron chi connectivity index (χ2n) is 7.32. The molecule has 3 heteroatoms. The Morgan fingerprint density at radius 2 is 1.87 bits per heavy atom. The molecule has 0 radical (unpaired) electrons. The highest BCUT2D eigenvalue weighted by molar-refractivity contribution is 5.88. The van der Waals surface area contributed by atoms with Crippen LogP contribution in [0, 0.1) is 6.92 Å². The molecule has 0 N–H and O–H groups in total. The molecule has 1 amide bonds. The van der Waals surface area contributed by atoms with Crippen LogP contribution in [0.25, 0.3) is 0 Å². The molecule has 0 aliphatic heterocycles. The molecule has 0 heterocycles. The van der Waals surface area contributed by atoms with Gasteiger partial charge in [0.1, 0.15) is 0 Å². The lowest BCUT2D eigenvalue weighted by molar-refractivity contribution is -0.131. The summed E-state index contributed by atoms with van der Waals surface area (Å²) in [6.07, 6.45) is 8.36. The number of benzene rings is 1. The Hall–Kier alpha value is -1.61. The lowest BCUT2D eigenvalue weighted by Gasteiger charge is -2.43. The summed E-state index contributed by atoms with van der Waals surface area (Å²) in [7, 11) is 4.04. The van der Waals surface area contributed by atoms with E-state index < -0.39 is 0 Å². The van der Waals surface area contributed by atoms with Crippen LogP contribution in [0.15, 0.2) is 36.4 Å². The van der Waals surface area contributed by atoms with Gasteiger partial charge in [0.2, 0.25) is 5.91 Å². The summed E-state index contributed by atoms with van der Waals surface area (Å²) in [6.45, 7) is 3.01. The molecule has 0 unspecified atom stereocenters. The minimum absolute atomic E-state index is 0.211. The Morgan fingerprint density at radius 1 is 1.17 bits per heavy atom. The third kappa shape index (κ3) is 3.84. The fourth-order valence-electron chi connectivity index (χ4n) is 3.57. The van der Waals surface area contributed by atoms with Crippen LogP contribution < -0.4 is 0 Å². The lowest BCUT2D eigenvalue weighted by Crippen LogP contribution is -2.47. The number of nitrogens with zero attached hydrogens (tertiary/aromatic N) is 2. The summed E-state index contributed by atoms with van der Waals surface area (Å²) in [6, 6.07) is 9.60. The molecule has 3 rings (SSSR count). The summed E-state index contributed by atoms with van der Waals surface area (Å²) >= 11 is 0. The third-order valence-electron chi connectivity index (χ3n) is 5.06. The van der Waals surface area contributed by atoms with Crippen LogP contribution in [-0.4, -0.2) is 48.4 Å². The van der Waals surface area contributed by atoms with Gasteiger partial charge < -0.3 is 9.80 Å². The van der Waals surface area contributed by atoms with Crippen LogP contribution in [0.1, 0.15) is 42.7 Å². The summed E-state index contributed by atoms with van der Waals surface area (Å²) in [5, 5.41) is 0. The zero-order valence-electron chi connectivity index (χ0n) is 14.5. The SMILES string of the molecule is Cc1ccccc1C1CC(N(C(=O)/C=C/CN(C)C)C2CC2)C1. The Morgan fingerprint density at radius 3 is 2.48 bits per heavy atom. The highest BCUT2D eigenvalue weighted by Crippen LogP contribution is 2.44. The topological polar surface area (TPSA) is 23.6 Å². The second kappa shape index (κ2) is 6.88. The molecule has 2 aliphatic carbocycles. The average molecular weight is 312 g/mol. The van der Waals surface area contributed by atoms with Gasteiger partial charge in [-0.25, -0.2) is 0 Å². The van der Waals surface area contributed by atoms with Gasteiger partial charge in [-0.15, -0.1) is 0 Å². The quantitative estimate of drug-likeness (QED) is 0.752. The van der Waals surface area contributed by atoms with Crippen molar-refractivity contribution in [2.24, 2.45) is 0 Å². The van der Waals surface area contributed by atoms with Crippen LogP contribution in [0.3, 0.4) is 0 Å². The first-order valence-corrected chi connectivity index (χ1v) is 8.75. The highest BCUT2D eigenvalue weighted by Gasteiger charge is 2.43. The van der Waals surface area contributed by atoms with Gasteiger partial charge in [-0.1, -0.05) is 30.3 Å². The standard InChI is InChI=1S/C20H28N2O/c1-15-7-4-5-8-19(15)16-13-18(14-16)22(17-10-11-17)20(23)9-6-12-21(2)3/h4-9,16-18H,10-14H2,1-3H3/b9-6+. The molecule has 1 aromatic carbocycles. The van der Waals surface area contributed by atoms with Crippen molar-refractivity contribution in [3.8, 4) is 0 Å². The lowest BCUT2D eigenvalue weighted by atomic mass is 9.73. The number of aryl methyl sites for hydroxylation is 1. The molecule has 124 valence electrons. The summed E-state index contributed by atoms with van der Waals surface area (Å²) < 4.78 is 0. The predicted octanol–water partition coefficient (Wildman–Crippen LogP) is 3.35. The van der Waals surface area contributed by atoms with Gasteiger partial charge in [-0.3, -0.25) is 4.79 Å². The minimum Gasteiger partial charge on any atom is -0.333 e. The van der Waals surface area contributed by atoms with E-state index in [0.717, 1.165) is 19.4 Å². The van der Waals surface area contributed by atoms with E-state index >= 15 is 0 Å². The summed E-state index contributed by atoms with van der Waals surface area (Å²) in [5.74, 6) is 0.837. The van der Waals surface area contributed by atoms with Crippen molar-refractivity contribution < 1.29 is 4.79 Å². The third-order valence-corrected chi connectivity index (χ3v) is 5.06. The monoisotopic (exact) mass is 312 g/mol. The van der Waals surface area contributed by atoms with Gasteiger partial charge in [0.05, 0.1) is 0 Å². The van der Waals surface area contributed by atoms with E-state index in [1.807, 2.05) is 20.2 Å². The molecule has 0 saturated heterocycles. The molecule has 1 aromatic rings. The van der Waals surface area contributed by atoms with E-state index in [1.54, 1.807) is 6.08 Å². The highest BCUT2D eigenvalue weighted by atomic mass is 16.2. The smallest absolute Gasteiger partial charge is 0.246 e. The number of rotatable bonds is 6. The number of carbonyl (C=O) groups is 1. The fourth-order valence-corrected chi connectivity index (χ4v) is 3.57. The van der Waals surface area contributed by atoms with Gasteiger partial charge in [0.15, 0.2) is 0 Å². The predicted molar refractivity (Wildman–Crippen MR) is 94.5 cm³/mol. The van der Waals surface area contributed by atoms with Crippen molar-refractivity contribution in [1.29, 1.82) is 0 Å². The number of hydrogen-bond acceptors (Lipinski definition) is 2. The number of carbonyl (C=O) groups excluding carboxylic acids is 1. The van der Waals surface area contributed by atoms with Crippen molar-refractivity contribution in [3.05, 3.63) is 47.5 Å². The Kier molecular flexibility index (Phi) is 4.86. The van der Waals surface area contributed by atoms with Gasteiger partial charge in [0, 0.05) is 24.7 Å². The van der Waals surface area contributed by atoms with Crippen LogP contribution in [-0.2, 0) is 4.79 Å². The number of amides is 1. The number of likely N-dealkylation sites (N-methyl/N-ethyl adjacent to an activating group) is 1. The molecular formula is C20H28N2O. The molecule has 23 heavy (non-hydrogen) atoms. The Balaban J connectivity index is 1.60. The normalized spacial score (nSPS) is 24.0. The van der Waals surface area contributed by atoms with E-state index in [0.29, 0.717) is 18.0 Å². The number of hydrogen-bond donors (Lipinski definition) is 0. The molecule has 0 aromatic heterocycles. The van der Waals surface area contributed by atoms with Crippen LogP contribution in [0.2, 0.25) is 0 Å². The minimum atomic E-state index is 0.211. The first-order chi connectivity index (χ1) is 11.1. The van der Waals surface area contributed by atoms with Crippen LogP contribution >= 0.6 is 0 Å². The molecule has 2 saturated carbocycles. The van der Waals surface area contributed by atoms with Gasteiger partial charge in [0.25, 0.3) is 0 Å². The van der Waals surface area contributed by atoms with Crippen molar-refractivity contribution in [2.45, 2.75) is 50.6 Å². The van der Waals surface area contributed by atoms with Gasteiger partial charge in [-0.05, 0) is 63.7 Å². The van der Waals surface area contributed by atoms with Crippen molar-refractivity contribution in [1.82, 2.24) is 9.80 Å². The van der Waals surface area contributed by atoms with E-state index in [9.17, 15) is 4.79 Å². The van der Waals surface area contributed by atoms with Crippen LogP contribution in [0.4, 0.5) is 0 Å².